The first-order chi connectivity index (χ1) is 2.56. The molecule has 0 aromatic heterocycles. The van der Waals surface area contributed by atoms with Crippen LogP contribution in [0.1, 0.15) is 0 Å². The second-order valence-electron chi connectivity index (χ2n) is 2.03. The van der Waals surface area contributed by atoms with Gasteiger partial charge in [0.05, 0.1) is 0 Å². The van der Waals surface area contributed by atoms with E-state index in [1.807, 2.05) is 6.08 Å². The van der Waals surface area contributed by atoms with Crippen LogP contribution in [-0.2, 0) is 0 Å². The standard InChI is InChI=1S/C3H11NSi2.ClH/c1-2-3(4,5)6;/h2H,1,4H2,5-6H3;1H. The van der Waals surface area contributed by atoms with Gasteiger partial charge in [-0.25, -0.2) is 0 Å². The minimum Gasteiger partial charge on any atom is -0.329 e. The van der Waals surface area contributed by atoms with Crippen LogP contribution < -0.4 is 5.73 Å². The molecule has 0 unspecified atom stereocenters. The predicted molar refractivity (Wildman–Crippen MR) is 44.2 cm³/mol. The van der Waals surface area contributed by atoms with Crippen molar-refractivity contribution < 1.29 is 0 Å². The van der Waals surface area contributed by atoms with E-state index in [1.165, 1.54) is 0 Å². The molecule has 44 valence electrons. The Hall–Kier alpha value is 0.424. The van der Waals surface area contributed by atoms with Gasteiger partial charge in [0, 0.05) is 20.5 Å². The Bertz CT molecular complexity index is 58.4. The Balaban J connectivity index is 0. The normalized spacial score (nSPS) is 17.3. The van der Waals surface area contributed by atoms with Crippen LogP contribution >= 0.6 is 12.4 Å². The Morgan fingerprint density at radius 1 is 1.57 bits per heavy atom. The summed E-state index contributed by atoms with van der Waals surface area (Å²) >= 11 is 0. The van der Waals surface area contributed by atoms with Crippen molar-refractivity contribution in [3.63, 3.8) is 0 Å². The predicted octanol–water partition coefficient (Wildman–Crippen LogP) is -2.06. The highest BCUT2D eigenvalue weighted by atomic mass is 35.5. The SMILES string of the molecule is C=CC(N)([SiH3])[SiH3].Cl. The van der Waals surface area contributed by atoms with Gasteiger partial charge < -0.3 is 5.73 Å². The summed E-state index contributed by atoms with van der Waals surface area (Å²) in [6, 6.07) is 0. The fourth-order valence-electron chi connectivity index (χ4n) is 0. The van der Waals surface area contributed by atoms with Crippen LogP contribution in [0.5, 0.6) is 0 Å². The first kappa shape index (κ1) is 10.4. The molecule has 7 heavy (non-hydrogen) atoms. The number of hydrogen-bond acceptors (Lipinski definition) is 1. The third kappa shape index (κ3) is 10.7. The smallest absolute Gasteiger partial charge is 0.0275 e. The molecule has 0 aromatic rings. The summed E-state index contributed by atoms with van der Waals surface area (Å²) in [4.78, 5) is 0.0833. The summed E-state index contributed by atoms with van der Waals surface area (Å²) in [5.74, 6) is 0. The van der Waals surface area contributed by atoms with Gasteiger partial charge in [-0.2, -0.15) is 0 Å². The average Bonchev–Trinajstić information content (AvgIpc) is 1.35. The second-order valence-corrected chi connectivity index (χ2v) is 8.33. The Kier molecular flexibility index (Phi) is 5.10. The lowest BCUT2D eigenvalue weighted by molar-refractivity contribution is 1.04. The zero-order valence-electron chi connectivity index (χ0n) is 4.77. The summed E-state index contributed by atoms with van der Waals surface area (Å²) in [5.41, 5.74) is 5.54. The Morgan fingerprint density at radius 2 is 1.71 bits per heavy atom. The largest absolute Gasteiger partial charge is 0.329 e. The number of hydrogen-bond donors (Lipinski definition) is 1. The molecule has 0 fully saturated rings. The van der Waals surface area contributed by atoms with Gasteiger partial charge >= 0.3 is 0 Å². The minimum absolute atomic E-state index is 0. The molecule has 0 bridgehead atoms. The van der Waals surface area contributed by atoms with Crippen molar-refractivity contribution in [1.29, 1.82) is 0 Å². The van der Waals surface area contributed by atoms with E-state index in [2.05, 4.69) is 6.58 Å². The Morgan fingerprint density at radius 3 is 1.71 bits per heavy atom. The third-order valence-corrected chi connectivity index (χ3v) is 1.34. The van der Waals surface area contributed by atoms with E-state index < -0.39 is 0 Å². The van der Waals surface area contributed by atoms with Gasteiger partial charge in [-0.15, -0.1) is 19.0 Å². The molecule has 0 rings (SSSR count). The molecule has 0 aliphatic heterocycles. The third-order valence-electron chi connectivity index (χ3n) is 0.526. The molecule has 0 radical (unpaired) electrons. The molecule has 0 aliphatic carbocycles. The van der Waals surface area contributed by atoms with Crippen LogP contribution in [-0.4, -0.2) is 25.3 Å². The molecule has 0 saturated carbocycles. The fourth-order valence-corrected chi connectivity index (χ4v) is 0. The maximum absolute atomic E-state index is 5.54. The van der Waals surface area contributed by atoms with Gasteiger partial charge in [-0.3, -0.25) is 0 Å². The zero-order valence-corrected chi connectivity index (χ0v) is 9.59. The fraction of sp³-hybridized carbons (Fsp3) is 0.333. The maximum Gasteiger partial charge on any atom is 0.0275 e. The van der Waals surface area contributed by atoms with Crippen LogP contribution in [0, 0.1) is 0 Å². The maximum atomic E-state index is 5.54. The van der Waals surface area contributed by atoms with Crippen LogP contribution in [0.2, 0.25) is 0 Å². The van der Waals surface area contributed by atoms with Crippen molar-refractivity contribution in [1.82, 2.24) is 0 Å². The summed E-state index contributed by atoms with van der Waals surface area (Å²) in [6.45, 7) is 3.58. The number of halogens is 1. The monoisotopic (exact) mass is 153 g/mol. The summed E-state index contributed by atoms with van der Waals surface area (Å²) < 4.78 is 0. The number of rotatable bonds is 1. The van der Waals surface area contributed by atoms with E-state index in [0.717, 1.165) is 20.5 Å². The van der Waals surface area contributed by atoms with E-state index >= 15 is 0 Å². The second kappa shape index (κ2) is 3.43. The molecule has 0 saturated heterocycles. The van der Waals surface area contributed by atoms with E-state index in [4.69, 9.17) is 5.73 Å². The van der Waals surface area contributed by atoms with Crippen molar-refractivity contribution in [3.8, 4) is 0 Å². The van der Waals surface area contributed by atoms with Gasteiger partial charge in [0.25, 0.3) is 0 Å². The first-order valence-corrected chi connectivity index (χ1v) is 3.99. The molecule has 2 N–H and O–H groups in total. The molecule has 0 spiro atoms. The highest BCUT2D eigenvalue weighted by Gasteiger charge is 1.99. The van der Waals surface area contributed by atoms with Crippen LogP contribution in [0.25, 0.3) is 0 Å². The lowest BCUT2D eigenvalue weighted by Gasteiger charge is -2.08. The van der Waals surface area contributed by atoms with Crippen molar-refractivity contribution >= 4 is 32.9 Å². The highest BCUT2D eigenvalue weighted by molar-refractivity contribution is 6.41. The van der Waals surface area contributed by atoms with E-state index in [0.29, 0.717) is 0 Å². The summed E-state index contributed by atoms with van der Waals surface area (Å²) in [6.07, 6.45) is 1.84. The molecule has 0 atom stereocenters. The highest BCUT2D eigenvalue weighted by Crippen LogP contribution is 1.81. The lowest BCUT2D eigenvalue weighted by Crippen LogP contribution is -2.37. The Labute approximate surface area is 56.6 Å². The first-order valence-electron chi connectivity index (χ1n) is 1.99. The van der Waals surface area contributed by atoms with Gasteiger partial charge in [-0.1, -0.05) is 6.08 Å². The molecular weight excluding hydrogens is 142 g/mol. The van der Waals surface area contributed by atoms with Crippen molar-refractivity contribution in [2.24, 2.45) is 5.73 Å². The molecule has 4 heteroatoms. The van der Waals surface area contributed by atoms with E-state index in [9.17, 15) is 0 Å². The molecule has 0 aliphatic rings. The zero-order chi connectivity index (χ0) is 5.21. The lowest BCUT2D eigenvalue weighted by atomic mass is 10.6. The molecule has 0 aromatic carbocycles. The minimum atomic E-state index is 0. The van der Waals surface area contributed by atoms with Crippen molar-refractivity contribution in [2.45, 2.75) is 4.79 Å². The van der Waals surface area contributed by atoms with Crippen LogP contribution in [0.4, 0.5) is 0 Å². The van der Waals surface area contributed by atoms with Gasteiger partial charge in [0.2, 0.25) is 0 Å². The molecule has 0 amide bonds. The molecule has 1 nitrogen and oxygen atoms in total. The van der Waals surface area contributed by atoms with Crippen molar-refractivity contribution in [3.05, 3.63) is 12.7 Å². The van der Waals surface area contributed by atoms with Crippen molar-refractivity contribution in [2.75, 3.05) is 0 Å². The topological polar surface area (TPSA) is 26.0 Å². The molecular formula is C3H12ClNSi2. The van der Waals surface area contributed by atoms with Gasteiger partial charge in [0.1, 0.15) is 0 Å². The quantitative estimate of drug-likeness (QED) is 0.341. The van der Waals surface area contributed by atoms with Crippen LogP contribution in [0.3, 0.4) is 0 Å². The summed E-state index contributed by atoms with van der Waals surface area (Å²) in [5, 5.41) is 0. The van der Waals surface area contributed by atoms with E-state index in [-0.39, 0.29) is 17.2 Å². The summed E-state index contributed by atoms with van der Waals surface area (Å²) in [7, 11) is 2.10. The van der Waals surface area contributed by atoms with Gasteiger partial charge in [-0.05, 0) is 4.79 Å². The van der Waals surface area contributed by atoms with Crippen LogP contribution in [0.15, 0.2) is 12.7 Å². The van der Waals surface area contributed by atoms with Gasteiger partial charge in [0.15, 0.2) is 0 Å². The average molecular weight is 154 g/mol. The number of nitrogens with two attached hydrogens (primary N) is 1. The van der Waals surface area contributed by atoms with E-state index in [1.54, 1.807) is 0 Å². The molecule has 0 heterocycles.